The van der Waals surface area contributed by atoms with Gasteiger partial charge in [0, 0.05) is 24.2 Å². The van der Waals surface area contributed by atoms with Crippen LogP contribution in [0, 0.1) is 11.6 Å². The van der Waals surface area contributed by atoms with Gasteiger partial charge in [0.05, 0.1) is 0 Å². The lowest BCUT2D eigenvalue weighted by molar-refractivity contribution is 0.533. The van der Waals surface area contributed by atoms with Gasteiger partial charge in [0.2, 0.25) is 0 Å². The van der Waals surface area contributed by atoms with Crippen molar-refractivity contribution in [3.63, 3.8) is 0 Å². The minimum Gasteiger partial charge on any atom is -0.307 e. The Bertz CT molecular complexity index is 323. The highest BCUT2D eigenvalue weighted by Gasteiger charge is 2.09. The number of hydrogen-bond donors (Lipinski definition) is 1. The first-order chi connectivity index (χ1) is 6.65. The van der Waals surface area contributed by atoms with Crippen LogP contribution in [0.1, 0.15) is 18.5 Å². The van der Waals surface area contributed by atoms with Crippen LogP contribution in [0.3, 0.4) is 0 Å². The van der Waals surface area contributed by atoms with Crippen LogP contribution in [0.15, 0.2) is 30.9 Å². The molecule has 0 amide bonds. The summed E-state index contributed by atoms with van der Waals surface area (Å²) < 4.78 is 25.8. The minimum atomic E-state index is -0.554. The topological polar surface area (TPSA) is 12.0 Å². The molecule has 0 bridgehead atoms. The summed E-state index contributed by atoms with van der Waals surface area (Å²) in [6, 6.07) is 3.45. The van der Waals surface area contributed by atoms with Gasteiger partial charge in [-0.2, -0.15) is 0 Å². The maximum Gasteiger partial charge on any atom is 0.130 e. The lowest BCUT2D eigenvalue weighted by Crippen LogP contribution is -2.19. The van der Waals surface area contributed by atoms with Gasteiger partial charge in [-0.1, -0.05) is 12.1 Å². The van der Waals surface area contributed by atoms with E-state index in [9.17, 15) is 8.78 Å². The fourth-order valence-electron chi connectivity index (χ4n) is 1.22. The van der Waals surface area contributed by atoms with Crippen molar-refractivity contribution in [3.8, 4) is 0 Å². The van der Waals surface area contributed by atoms with Gasteiger partial charge in [0.25, 0.3) is 0 Å². The van der Waals surface area contributed by atoms with E-state index in [1.807, 2.05) is 6.92 Å². The number of hydrogen-bond acceptors (Lipinski definition) is 1. The van der Waals surface area contributed by atoms with Gasteiger partial charge in [0.1, 0.15) is 11.6 Å². The summed E-state index contributed by atoms with van der Waals surface area (Å²) in [5, 5.41) is 3.03. The van der Waals surface area contributed by atoms with Crippen molar-refractivity contribution in [3.05, 3.63) is 48.1 Å². The van der Waals surface area contributed by atoms with E-state index in [0.717, 1.165) is 6.07 Å². The van der Waals surface area contributed by atoms with Crippen molar-refractivity contribution in [2.24, 2.45) is 0 Å². The molecule has 3 heteroatoms. The van der Waals surface area contributed by atoms with Crippen LogP contribution in [-0.2, 0) is 0 Å². The Kier molecular flexibility index (Phi) is 3.77. The molecule has 1 aromatic rings. The Morgan fingerprint density at radius 1 is 1.50 bits per heavy atom. The Morgan fingerprint density at radius 3 is 2.79 bits per heavy atom. The normalized spacial score (nSPS) is 12.5. The van der Waals surface area contributed by atoms with Crippen LogP contribution in [-0.4, -0.2) is 6.54 Å². The first-order valence-electron chi connectivity index (χ1n) is 4.44. The predicted molar refractivity (Wildman–Crippen MR) is 53.0 cm³/mol. The van der Waals surface area contributed by atoms with Crippen LogP contribution in [0.4, 0.5) is 8.78 Å². The van der Waals surface area contributed by atoms with Gasteiger partial charge in [-0.25, -0.2) is 8.78 Å². The largest absolute Gasteiger partial charge is 0.307 e. The maximum atomic E-state index is 13.2. The number of rotatable bonds is 4. The van der Waals surface area contributed by atoms with E-state index in [-0.39, 0.29) is 6.04 Å². The third kappa shape index (κ3) is 2.64. The molecule has 0 spiro atoms. The summed E-state index contributed by atoms with van der Waals surface area (Å²) in [4.78, 5) is 0. The van der Waals surface area contributed by atoms with Crippen molar-refractivity contribution >= 4 is 0 Å². The molecule has 1 aromatic carbocycles. The highest BCUT2D eigenvalue weighted by molar-refractivity contribution is 5.21. The second-order valence-corrected chi connectivity index (χ2v) is 3.08. The highest BCUT2D eigenvalue weighted by atomic mass is 19.1. The molecule has 0 aliphatic heterocycles. The summed E-state index contributed by atoms with van der Waals surface area (Å²) in [6.07, 6.45) is 1.69. The molecule has 1 unspecified atom stereocenters. The van der Waals surface area contributed by atoms with Crippen molar-refractivity contribution in [2.75, 3.05) is 6.54 Å². The van der Waals surface area contributed by atoms with E-state index in [4.69, 9.17) is 0 Å². The van der Waals surface area contributed by atoms with Crippen LogP contribution in [0.5, 0.6) is 0 Å². The highest BCUT2D eigenvalue weighted by Crippen LogP contribution is 2.17. The van der Waals surface area contributed by atoms with Gasteiger partial charge in [0.15, 0.2) is 0 Å². The summed E-state index contributed by atoms with van der Waals surface area (Å²) in [5.41, 5.74) is 0.466. The van der Waals surface area contributed by atoms with Gasteiger partial charge >= 0.3 is 0 Å². The van der Waals surface area contributed by atoms with E-state index < -0.39 is 11.6 Å². The molecule has 0 radical (unpaired) electrons. The molecule has 0 fully saturated rings. The average Bonchev–Trinajstić information content (AvgIpc) is 2.14. The van der Waals surface area contributed by atoms with Crippen molar-refractivity contribution < 1.29 is 8.78 Å². The Labute approximate surface area is 82.4 Å². The second kappa shape index (κ2) is 4.86. The molecule has 0 heterocycles. The van der Waals surface area contributed by atoms with E-state index >= 15 is 0 Å². The first kappa shape index (κ1) is 10.9. The molecule has 0 aromatic heterocycles. The maximum absolute atomic E-state index is 13.2. The molecule has 0 saturated heterocycles. The first-order valence-corrected chi connectivity index (χ1v) is 4.44. The quantitative estimate of drug-likeness (QED) is 0.732. The van der Waals surface area contributed by atoms with Gasteiger partial charge in [-0.15, -0.1) is 6.58 Å². The Hall–Kier alpha value is -1.22. The monoisotopic (exact) mass is 197 g/mol. The summed E-state index contributed by atoms with van der Waals surface area (Å²) >= 11 is 0. The van der Waals surface area contributed by atoms with E-state index in [2.05, 4.69) is 11.9 Å². The van der Waals surface area contributed by atoms with Crippen molar-refractivity contribution in [1.29, 1.82) is 0 Å². The Morgan fingerprint density at radius 2 is 2.21 bits per heavy atom. The van der Waals surface area contributed by atoms with E-state index in [1.54, 1.807) is 6.08 Å². The molecular formula is C11H13F2N. The van der Waals surface area contributed by atoms with Crippen LogP contribution in [0.25, 0.3) is 0 Å². The zero-order valence-corrected chi connectivity index (χ0v) is 8.06. The predicted octanol–water partition coefficient (Wildman–Crippen LogP) is 2.80. The van der Waals surface area contributed by atoms with Gasteiger partial charge in [-0.3, -0.25) is 0 Å². The molecule has 0 aliphatic rings. The van der Waals surface area contributed by atoms with E-state index in [0.29, 0.717) is 12.1 Å². The van der Waals surface area contributed by atoms with Crippen molar-refractivity contribution in [1.82, 2.24) is 5.32 Å². The lowest BCUT2D eigenvalue weighted by atomic mass is 10.1. The number of nitrogens with one attached hydrogen (secondary N) is 1. The molecule has 1 rings (SSSR count). The molecule has 1 nitrogen and oxygen atoms in total. The van der Waals surface area contributed by atoms with E-state index in [1.165, 1.54) is 12.1 Å². The van der Waals surface area contributed by atoms with Crippen LogP contribution >= 0.6 is 0 Å². The summed E-state index contributed by atoms with van der Waals surface area (Å²) in [6.45, 7) is 5.96. The standard InChI is InChI=1S/C11H13F2N/c1-3-6-14-8(2)10-5-4-9(12)7-11(10)13/h3-5,7-8,14H,1,6H2,2H3. The number of halogens is 2. The fraction of sp³-hybridized carbons (Fsp3) is 0.273. The Balaban J connectivity index is 2.78. The SMILES string of the molecule is C=CCNC(C)c1ccc(F)cc1F. The molecular weight excluding hydrogens is 184 g/mol. The zero-order valence-electron chi connectivity index (χ0n) is 8.06. The molecule has 1 N–H and O–H groups in total. The second-order valence-electron chi connectivity index (χ2n) is 3.08. The van der Waals surface area contributed by atoms with Gasteiger partial charge < -0.3 is 5.32 Å². The third-order valence-corrected chi connectivity index (χ3v) is 2.00. The number of benzene rings is 1. The summed E-state index contributed by atoms with van der Waals surface area (Å²) in [5.74, 6) is -1.07. The molecule has 76 valence electrons. The van der Waals surface area contributed by atoms with Crippen LogP contribution < -0.4 is 5.32 Å². The third-order valence-electron chi connectivity index (χ3n) is 2.00. The summed E-state index contributed by atoms with van der Waals surface area (Å²) in [7, 11) is 0. The van der Waals surface area contributed by atoms with Crippen molar-refractivity contribution in [2.45, 2.75) is 13.0 Å². The molecule has 14 heavy (non-hydrogen) atoms. The smallest absolute Gasteiger partial charge is 0.130 e. The zero-order chi connectivity index (χ0) is 10.6. The molecule has 0 aliphatic carbocycles. The molecule has 1 atom stereocenters. The van der Waals surface area contributed by atoms with Gasteiger partial charge in [-0.05, 0) is 13.0 Å². The lowest BCUT2D eigenvalue weighted by Gasteiger charge is -2.13. The minimum absolute atomic E-state index is 0.145. The van der Waals surface area contributed by atoms with Crippen LogP contribution in [0.2, 0.25) is 0 Å². The molecule has 0 saturated carbocycles. The average molecular weight is 197 g/mol. The fourth-order valence-corrected chi connectivity index (χ4v) is 1.22.